The van der Waals surface area contributed by atoms with E-state index in [1.807, 2.05) is 0 Å². The van der Waals surface area contributed by atoms with E-state index >= 15 is 0 Å². The fourth-order valence-corrected chi connectivity index (χ4v) is 2.64. The van der Waals surface area contributed by atoms with Gasteiger partial charge < -0.3 is 4.74 Å². The molecule has 4 unspecified atom stereocenters. The Labute approximate surface area is 62.8 Å². The molecule has 0 spiro atoms. The van der Waals surface area contributed by atoms with Gasteiger partial charge in [-0.2, -0.15) is 0 Å². The molecule has 0 aromatic carbocycles. The van der Waals surface area contributed by atoms with Crippen molar-refractivity contribution in [1.82, 2.24) is 0 Å². The summed E-state index contributed by atoms with van der Waals surface area (Å²) in [5, 5.41) is 0. The Hall–Kier alpha value is -0.0400. The second kappa shape index (κ2) is 2.23. The molecule has 2 bridgehead atoms. The molecule has 0 saturated carbocycles. The second-order valence-electron chi connectivity index (χ2n) is 3.72. The molecule has 0 amide bonds. The topological polar surface area (TPSA) is 9.23 Å². The predicted octanol–water partition coefficient (Wildman–Crippen LogP) is 2.21. The maximum atomic E-state index is 5.79. The van der Waals surface area contributed by atoms with Crippen molar-refractivity contribution in [2.75, 3.05) is 0 Å². The SMILES string of the molecule is CCC1C2CCC(O2)C1C. The molecule has 1 nitrogen and oxygen atoms in total. The van der Waals surface area contributed by atoms with Crippen LogP contribution in [-0.2, 0) is 4.74 Å². The van der Waals surface area contributed by atoms with E-state index in [2.05, 4.69) is 13.8 Å². The third-order valence-electron chi connectivity index (χ3n) is 3.30. The third-order valence-corrected chi connectivity index (χ3v) is 3.30. The Balaban J connectivity index is 2.10. The van der Waals surface area contributed by atoms with Crippen LogP contribution in [0, 0.1) is 11.8 Å². The minimum atomic E-state index is 0.620. The quantitative estimate of drug-likeness (QED) is 0.542. The van der Waals surface area contributed by atoms with Crippen LogP contribution in [0.25, 0.3) is 0 Å². The van der Waals surface area contributed by atoms with Crippen LogP contribution in [-0.4, -0.2) is 12.2 Å². The summed E-state index contributed by atoms with van der Waals surface area (Å²) in [6.07, 6.45) is 5.21. The Bertz CT molecular complexity index is 131. The van der Waals surface area contributed by atoms with E-state index in [0.29, 0.717) is 12.2 Å². The molecule has 2 heterocycles. The molecule has 10 heavy (non-hydrogen) atoms. The van der Waals surface area contributed by atoms with Crippen LogP contribution in [0.4, 0.5) is 0 Å². The highest BCUT2D eigenvalue weighted by molar-refractivity contribution is 4.93. The van der Waals surface area contributed by atoms with Crippen LogP contribution in [0.5, 0.6) is 0 Å². The maximum Gasteiger partial charge on any atom is 0.0611 e. The molecule has 58 valence electrons. The molecule has 2 saturated heterocycles. The Morgan fingerprint density at radius 2 is 2.00 bits per heavy atom. The van der Waals surface area contributed by atoms with Gasteiger partial charge in [-0.25, -0.2) is 0 Å². The normalized spacial score (nSPS) is 52.2. The number of fused-ring (bicyclic) bond motifs is 2. The van der Waals surface area contributed by atoms with Gasteiger partial charge >= 0.3 is 0 Å². The number of rotatable bonds is 1. The van der Waals surface area contributed by atoms with Gasteiger partial charge in [0.15, 0.2) is 0 Å². The van der Waals surface area contributed by atoms with E-state index < -0.39 is 0 Å². The van der Waals surface area contributed by atoms with Gasteiger partial charge in [0.2, 0.25) is 0 Å². The van der Waals surface area contributed by atoms with Crippen LogP contribution < -0.4 is 0 Å². The second-order valence-corrected chi connectivity index (χ2v) is 3.72. The molecular formula is C9H16O. The standard InChI is InChI=1S/C9H16O/c1-3-7-6(2)8-4-5-9(7)10-8/h6-9H,3-5H2,1-2H3. The lowest BCUT2D eigenvalue weighted by Crippen LogP contribution is -2.23. The molecule has 0 aromatic rings. The van der Waals surface area contributed by atoms with Crippen molar-refractivity contribution >= 4 is 0 Å². The zero-order valence-corrected chi connectivity index (χ0v) is 6.84. The number of hydrogen-bond donors (Lipinski definition) is 0. The first-order chi connectivity index (χ1) is 4.83. The molecule has 1 heteroatoms. The zero-order chi connectivity index (χ0) is 7.14. The van der Waals surface area contributed by atoms with E-state index in [1.165, 1.54) is 19.3 Å². The smallest absolute Gasteiger partial charge is 0.0611 e. The van der Waals surface area contributed by atoms with E-state index in [4.69, 9.17) is 4.74 Å². The highest BCUT2D eigenvalue weighted by atomic mass is 16.5. The minimum Gasteiger partial charge on any atom is -0.374 e. The minimum absolute atomic E-state index is 0.620. The van der Waals surface area contributed by atoms with Gasteiger partial charge in [0.05, 0.1) is 12.2 Å². The Kier molecular flexibility index (Phi) is 1.48. The Morgan fingerprint density at radius 1 is 1.30 bits per heavy atom. The average molecular weight is 140 g/mol. The first kappa shape index (κ1) is 6.66. The van der Waals surface area contributed by atoms with Crippen molar-refractivity contribution in [2.45, 2.75) is 45.3 Å². The molecule has 0 aliphatic carbocycles. The van der Waals surface area contributed by atoms with Gasteiger partial charge in [-0.1, -0.05) is 20.3 Å². The molecule has 2 aliphatic rings. The van der Waals surface area contributed by atoms with Crippen LogP contribution in [0.15, 0.2) is 0 Å². The lowest BCUT2D eigenvalue weighted by atomic mass is 9.79. The lowest BCUT2D eigenvalue weighted by molar-refractivity contribution is 0.0879. The van der Waals surface area contributed by atoms with Gasteiger partial charge in [0.25, 0.3) is 0 Å². The molecule has 0 radical (unpaired) electrons. The van der Waals surface area contributed by atoms with Crippen molar-refractivity contribution < 1.29 is 4.74 Å². The predicted molar refractivity (Wildman–Crippen MR) is 40.8 cm³/mol. The fourth-order valence-electron chi connectivity index (χ4n) is 2.64. The van der Waals surface area contributed by atoms with Crippen LogP contribution in [0.1, 0.15) is 33.1 Å². The van der Waals surface area contributed by atoms with Crippen LogP contribution in [0.3, 0.4) is 0 Å². The summed E-state index contributed by atoms with van der Waals surface area (Å²) in [5.41, 5.74) is 0. The highest BCUT2D eigenvalue weighted by Crippen LogP contribution is 2.44. The largest absolute Gasteiger partial charge is 0.374 e. The zero-order valence-electron chi connectivity index (χ0n) is 6.84. The number of ether oxygens (including phenoxy) is 1. The number of hydrogen-bond acceptors (Lipinski definition) is 1. The first-order valence-electron chi connectivity index (χ1n) is 4.48. The molecule has 2 rings (SSSR count). The highest BCUT2D eigenvalue weighted by Gasteiger charge is 2.45. The summed E-state index contributed by atoms with van der Waals surface area (Å²) in [6.45, 7) is 4.63. The van der Waals surface area contributed by atoms with E-state index in [-0.39, 0.29) is 0 Å². The van der Waals surface area contributed by atoms with E-state index in [9.17, 15) is 0 Å². The summed E-state index contributed by atoms with van der Waals surface area (Å²) < 4.78 is 5.79. The molecule has 4 atom stereocenters. The summed E-state index contributed by atoms with van der Waals surface area (Å²) >= 11 is 0. The van der Waals surface area contributed by atoms with Crippen molar-refractivity contribution in [2.24, 2.45) is 11.8 Å². The summed E-state index contributed by atoms with van der Waals surface area (Å²) in [7, 11) is 0. The van der Waals surface area contributed by atoms with Gasteiger partial charge in [0, 0.05) is 0 Å². The molecule has 2 aliphatic heterocycles. The fraction of sp³-hybridized carbons (Fsp3) is 1.00. The maximum absolute atomic E-state index is 5.79. The molecule has 2 fully saturated rings. The molecular weight excluding hydrogens is 124 g/mol. The first-order valence-corrected chi connectivity index (χ1v) is 4.48. The summed E-state index contributed by atoms with van der Waals surface area (Å²) in [6, 6.07) is 0. The van der Waals surface area contributed by atoms with Crippen molar-refractivity contribution in [3.05, 3.63) is 0 Å². The average Bonchev–Trinajstić information content (AvgIpc) is 2.46. The molecule has 0 aromatic heterocycles. The van der Waals surface area contributed by atoms with Crippen molar-refractivity contribution in [3.63, 3.8) is 0 Å². The van der Waals surface area contributed by atoms with Gasteiger partial charge in [0.1, 0.15) is 0 Å². The van der Waals surface area contributed by atoms with Crippen LogP contribution in [0.2, 0.25) is 0 Å². The molecule has 0 N–H and O–H groups in total. The summed E-state index contributed by atoms with van der Waals surface area (Å²) in [4.78, 5) is 0. The third kappa shape index (κ3) is 0.731. The Morgan fingerprint density at radius 3 is 2.40 bits per heavy atom. The van der Waals surface area contributed by atoms with E-state index in [1.54, 1.807) is 0 Å². The lowest BCUT2D eigenvalue weighted by Gasteiger charge is -2.22. The van der Waals surface area contributed by atoms with E-state index in [0.717, 1.165) is 11.8 Å². The van der Waals surface area contributed by atoms with Crippen LogP contribution >= 0.6 is 0 Å². The van der Waals surface area contributed by atoms with Gasteiger partial charge in [-0.15, -0.1) is 0 Å². The monoisotopic (exact) mass is 140 g/mol. The summed E-state index contributed by atoms with van der Waals surface area (Å²) in [5.74, 6) is 1.71. The van der Waals surface area contributed by atoms with Gasteiger partial charge in [-0.05, 0) is 24.7 Å². The van der Waals surface area contributed by atoms with Gasteiger partial charge in [-0.3, -0.25) is 0 Å². The van der Waals surface area contributed by atoms with Crippen molar-refractivity contribution in [1.29, 1.82) is 0 Å². The van der Waals surface area contributed by atoms with Crippen molar-refractivity contribution in [3.8, 4) is 0 Å².